The number of thioether (sulfide) groups is 1. The molecule has 1 heterocycles. The standard InChI is InChI=1S/C13H12BrFN2O2S/c1-17-6-5-12(16-17)19-7-10-9(13(14)18)3-2-4-11(10)20-8-15/h2-6H,7-8H2,1H3. The third kappa shape index (κ3) is 3.61. The van der Waals surface area contributed by atoms with E-state index < -0.39 is 6.01 Å². The zero-order valence-electron chi connectivity index (χ0n) is 10.7. The van der Waals surface area contributed by atoms with Crippen molar-refractivity contribution in [3.63, 3.8) is 0 Å². The van der Waals surface area contributed by atoms with Gasteiger partial charge in [0.1, 0.15) is 12.6 Å². The van der Waals surface area contributed by atoms with Gasteiger partial charge in [0, 0.05) is 35.3 Å². The zero-order valence-corrected chi connectivity index (χ0v) is 13.1. The summed E-state index contributed by atoms with van der Waals surface area (Å²) in [6.45, 7) is 0.160. The molecule has 2 aromatic rings. The molecule has 0 aliphatic carbocycles. The van der Waals surface area contributed by atoms with Gasteiger partial charge in [-0.1, -0.05) is 23.9 Å². The van der Waals surface area contributed by atoms with Crippen LogP contribution in [0.15, 0.2) is 35.4 Å². The van der Waals surface area contributed by atoms with Crippen LogP contribution in [0.5, 0.6) is 5.88 Å². The first kappa shape index (κ1) is 15.1. The molecule has 0 aliphatic heterocycles. The average Bonchev–Trinajstić information content (AvgIpc) is 2.83. The molecule has 4 nitrogen and oxygen atoms in total. The smallest absolute Gasteiger partial charge is 0.233 e. The summed E-state index contributed by atoms with van der Waals surface area (Å²) in [5, 5.41) is 4.09. The Hall–Kier alpha value is -1.34. The molecule has 106 valence electrons. The molecule has 0 radical (unpaired) electrons. The highest BCUT2D eigenvalue weighted by atomic mass is 79.9. The molecule has 7 heteroatoms. The van der Waals surface area contributed by atoms with Crippen molar-refractivity contribution in [1.29, 1.82) is 0 Å². The molecule has 0 fully saturated rings. The molecule has 0 bridgehead atoms. The van der Waals surface area contributed by atoms with Gasteiger partial charge in [-0.2, -0.15) is 0 Å². The van der Waals surface area contributed by atoms with Crippen molar-refractivity contribution in [2.24, 2.45) is 7.05 Å². The molecule has 0 amide bonds. The highest BCUT2D eigenvalue weighted by Crippen LogP contribution is 2.28. The monoisotopic (exact) mass is 358 g/mol. The minimum atomic E-state index is -0.559. The van der Waals surface area contributed by atoms with Crippen molar-refractivity contribution in [3.8, 4) is 5.88 Å². The molecular weight excluding hydrogens is 347 g/mol. The van der Waals surface area contributed by atoms with Gasteiger partial charge in [-0.15, -0.1) is 5.10 Å². The Balaban J connectivity index is 2.25. The van der Waals surface area contributed by atoms with Crippen LogP contribution in [-0.2, 0) is 13.7 Å². The Bertz CT molecular complexity index is 618. The molecule has 0 atom stereocenters. The summed E-state index contributed by atoms with van der Waals surface area (Å²) >= 11 is 3.96. The van der Waals surface area contributed by atoms with E-state index in [0.29, 0.717) is 21.9 Å². The van der Waals surface area contributed by atoms with Gasteiger partial charge in [-0.05, 0) is 22.0 Å². The SMILES string of the molecule is Cn1ccc(OCc2c(SCF)cccc2C(=O)Br)n1. The first-order chi connectivity index (χ1) is 9.61. The second kappa shape index (κ2) is 6.90. The van der Waals surface area contributed by atoms with Crippen molar-refractivity contribution >= 4 is 32.4 Å². The van der Waals surface area contributed by atoms with Crippen LogP contribution in [-0.4, -0.2) is 20.5 Å². The first-order valence-corrected chi connectivity index (χ1v) is 7.52. The van der Waals surface area contributed by atoms with Crippen LogP contribution in [0.4, 0.5) is 4.39 Å². The molecule has 0 saturated heterocycles. The molecule has 2 rings (SSSR count). The van der Waals surface area contributed by atoms with E-state index in [1.165, 1.54) is 0 Å². The van der Waals surface area contributed by atoms with E-state index in [2.05, 4.69) is 21.0 Å². The highest BCUT2D eigenvalue weighted by Gasteiger charge is 2.14. The van der Waals surface area contributed by atoms with Crippen LogP contribution in [0.25, 0.3) is 0 Å². The fourth-order valence-corrected chi connectivity index (χ4v) is 2.72. The number of rotatable bonds is 6. The Morgan fingerprint density at radius 3 is 2.90 bits per heavy atom. The van der Waals surface area contributed by atoms with Crippen LogP contribution < -0.4 is 4.74 Å². The maximum atomic E-state index is 12.6. The number of hydrogen-bond donors (Lipinski definition) is 0. The zero-order chi connectivity index (χ0) is 14.5. The van der Waals surface area contributed by atoms with Gasteiger partial charge in [0.05, 0.1) is 0 Å². The summed E-state index contributed by atoms with van der Waals surface area (Å²) in [5.74, 6) is 0.459. The first-order valence-electron chi connectivity index (χ1n) is 5.74. The normalized spacial score (nSPS) is 10.6. The van der Waals surface area contributed by atoms with Gasteiger partial charge in [0.15, 0.2) is 0 Å². The Labute approximate surface area is 128 Å². The number of nitrogens with zero attached hydrogens (tertiary/aromatic N) is 2. The number of benzene rings is 1. The molecule has 0 N–H and O–H groups in total. The number of carbonyl (C=O) groups excluding carboxylic acids is 1. The summed E-state index contributed by atoms with van der Waals surface area (Å²) < 4.78 is 19.5. The number of halogens is 2. The largest absolute Gasteiger partial charge is 0.472 e. The van der Waals surface area contributed by atoms with Crippen molar-refractivity contribution in [1.82, 2.24) is 9.78 Å². The van der Waals surface area contributed by atoms with Gasteiger partial charge in [0.2, 0.25) is 10.6 Å². The van der Waals surface area contributed by atoms with Crippen LogP contribution >= 0.6 is 27.7 Å². The minimum absolute atomic E-state index is 0.160. The van der Waals surface area contributed by atoms with Crippen LogP contribution in [0.2, 0.25) is 0 Å². The van der Waals surface area contributed by atoms with Crippen molar-refractivity contribution < 1.29 is 13.9 Å². The van der Waals surface area contributed by atoms with E-state index in [1.807, 2.05) is 0 Å². The van der Waals surface area contributed by atoms with E-state index in [-0.39, 0.29) is 11.3 Å². The molecule has 1 aromatic carbocycles. The Kier molecular flexibility index (Phi) is 5.19. The predicted molar refractivity (Wildman–Crippen MR) is 79.1 cm³/mol. The Morgan fingerprint density at radius 2 is 2.30 bits per heavy atom. The lowest BCUT2D eigenvalue weighted by molar-refractivity contribution is 0.109. The molecule has 0 unspecified atom stereocenters. The molecular formula is C13H12BrFN2O2S. The number of aromatic nitrogens is 2. The fraction of sp³-hybridized carbons (Fsp3) is 0.231. The number of alkyl halides is 1. The predicted octanol–water partition coefficient (Wildman–Crippen LogP) is 3.55. The third-order valence-corrected chi connectivity index (χ3v) is 3.84. The second-order valence-electron chi connectivity index (χ2n) is 3.93. The summed E-state index contributed by atoms with van der Waals surface area (Å²) in [7, 11) is 1.78. The fourth-order valence-electron chi connectivity index (χ4n) is 1.71. The molecule has 0 aliphatic rings. The van der Waals surface area contributed by atoms with Crippen LogP contribution in [0.1, 0.15) is 15.9 Å². The Morgan fingerprint density at radius 1 is 1.50 bits per heavy atom. The summed E-state index contributed by atoms with van der Waals surface area (Å²) in [5.41, 5.74) is 1.13. The van der Waals surface area contributed by atoms with E-state index in [0.717, 1.165) is 11.8 Å². The van der Waals surface area contributed by atoms with Crippen molar-refractivity contribution in [2.45, 2.75) is 11.5 Å². The van der Waals surface area contributed by atoms with Crippen LogP contribution in [0.3, 0.4) is 0 Å². The van der Waals surface area contributed by atoms with E-state index in [9.17, 15) is 9.18 Å². The second-order valence-corrected chi connectivity index (χ2v) is 5.59. The number of carbonyl (C=O) groups is 1. The third-order valence-electron chi connectivity index (χ3n) is 2.61. The number of aryl methyl sites for hydroxylation is 1. The van der Waals surface area contributed by atoms with E-state index in [4.69, 9.17) is 4.74 Å². The molecule has 1 aromatic heterocycles. The average molecular weight is 359 g/mol. The summed E-state index contributed by atoms with van der Waals surface area (Å²) in [4.78, 5) is 12.3. The maximum absolute atomic E-state index is 12.6. The molecule has 20 heavy (non-hydrogen) atoms. The number of hydrogen-bond acceptors (Lipinski definition) is 4. The van der Waals surface area contributed by atoms with Gasteiger partial charge >= 0.3 is 0 Å². The molecule has 0 saturated carbocycles. The minimum Gasteiger partial charge on any atom is -0.472 e. The number of ether oxygens (including phenoxy) is 1. The topological polar surface area (TPSA) is 44.1 Å². The van der Waals surface area contributed by atoms with Crippen LogP contribution in [0, 0.1) is 0 Å². The lowest BCUT2D eigenvalue weighted by Crippen LogP contribution is -2.05. The molecule has 0 spiro atoms. The lowest BCUT2D eigenvalue weighted by atomic mass is 10.1. The van der Waals surface area contributed by atoms with Gasteiger partial charge in [-0.25, -0.2) is 4.39 Å². The van der Waals surface area contributed by atoms with Gasteiger partial charge in [-0.3, -0.25) is 9.48 Å². The van der Waals surface area contributed by atoms with E-state index >= 15 is 0 Å². The highest BCUT2D eigenvalue weighted by molar-refractivity contribution is 9.18. The quantitative estimate of drug-likeness (QED) is 0.585. The van der Waals surface area contributed by atoms with Gasteiger partial charge < -0.3 is 4.74 Å². The van der Waals surface area contributed by atoms with E-state index in [1.54, 1.807) is 42.2 Å². The van der Waals surface area contributed by atoms with Crippen molar-refractivity contribution in [3.05, 3.63) is 41.6 Å². The lowest BCUT2D eigenvalue weighted by Gasteiger charge is -2.11. The summed E-state index contributed by atoms with van der Waals surface area (Å²) in [6, 6.07) is 6.32. The maximum Gasteiger partial charge on any atom is 0.233 e. The van der Waals surface area contributed by atoms with Crippen molar-refractivity contribution in [2.75, 3.05) is 6.01 Å². The summed E-state index contributed by atoms with van der Waals surface area (Å²) in [6.07, 6.45) is 1.76. The van der Waals surface area contributed by atoms with Gasteiger partial charge in [0.25, 0.3) is 0 Å².